The van der Waals surface area contributed by atoms with Crippen LogP contribution < -0.4 is 10.6 Å². The summed E-state index contributed by atoms with van der Waals surface area (Å²) in [6.07, 6.45) is 3.42. The number of nitrogens with two attached hydrogens (primary N) is 1. The van der Waals surface area contributed by atoms with Gasteiger partial charge in [-0.05, 0) is 39.3 Å². The highest BCUT2D eigenvalue weighted by atomic mass is 32.1. The molecule has 1 aliphatic heterocycles. The molecule has 4 nitrogen and oxygen atoms in total. The minimum absolute atomic E-state index is 0.222. The number of hydrogen-bond acceptors (Lipinski definition) is 5. The zero-order valence-electron chi connectivity index (χ0n) is 12.1. The van der Waals surface area contributed by atoms with Crippen LogP contribution in [0.4, 0.5) is 5.13 Å². The van der Waals surface area contributed by atoms with E-state index in [1.165, 1.54) is 22.1 Å². The minimum atomic E-state index is 0.222. The van der Waals surface area contributed by atoms with Crippen molar-refractivity contribution in [2.24, 2.45) is 11.7 Å². The van der Waals surface area contributed by atoms with Gasteiger partial charge in [-0.2, -0.15) is 0 Å². The van der Waals surface area contributed by atoms with Crippen molar-refractivity contribution in [2.75, 3.05) is 32.1 Å². The number of aromatic nitrogens is 1. The third-order valence-electron chi connectivity index (χ3n) is 4.49. The fourth-order valence-corrected chi connectivity index (χ4v) is 4.52. The smallest absolute Gasteiger partial charge is 0.185 e. The number of thiazole rings is 1. The summed E-state index contributed by atoms with van der Waals surface area (Å²) in [5.41, 5.74) is 7.47. The molecule has 0 bridgehead atoms. The number of fused-ring (bicyclic) bond motifs is 1. The van der Waals surface area contributed by atoms with Crippen LogP contribution in [0.15, 0.2) is 0 Å². The first-order valence-corrected chi connectivity index (χ1v) is 8.04. The van der Waals surface area contributed by atoms with Crippen LogP contribution in [-0.4, -0.2) is 43.1 Å². The number of nitrogens with zero attached hydrogens (tertiary/aromatic N) is 3. The van der Waals surface area contributed by atoms with Crippen LogP contribution in [0.1, 0.15) is 36.4 Å². The Labute approximate surface area is 119 Å². The van der Waals surface area contributed by atoms with Crippen LogP contribution in [0.5, 0.6) is 0 Å². The van der Waals surface area contributed by atoms with E-state index in [1.54, 1.807) is 0 Å². The number of aryl methyl sites for hydroxylation is 1. The highest BCUT2D eigenvalue weighted by Gasteiger charge is 2.33. The molecule has 0 amide bonds. The van der Waals surface area contributed by atoms with Crippen LogP contribution in [0.2, 0.25) is 0 Å². The van der Waals surface area contributed by atoms with Gasteiger partial charge in [0.05, 0.1) is 5.69 Å². The van der Waals surface area contributed by atoms with E-state index in [9.17, 15) is 0 Å². The molecule has 0 saturated carbocycles. The molecule has 3 rings (SSSR count). The fraction of sp³-hybridized carbons (Fsp3) is 0.786. The van der Waals surface area contributed by atoms with E-state index < -0.39 is 0 Å². The SMILES string of the molecule is CC1CN(c2nc3c(s2)C(N)CCC3)CC1N(C)C. The molecule has 5 heteroatoms. The first-order chi connectivity index (χ1) is 9.06. The third-order valence-corrected chi connectivity index (χ3v) is 5.78. The summed E-state index contributed by atoms with van der Waals surface area (Å²) < 4.78 is 0. The summed E-state index contributed by atoms with van der Waals surface area (Å²) >= 11 is 1.83. The van der Waals surface area contributed by atoms with Crippen LogP contribution in [-0.2, 0) is 6.42 Å². The lowest BCUT2D eigenvalue weighted by Crippen LogP contribution is -2.34. The second-order valence-corrected chi connectivity index (χ2v) is 7.23. The molecule has 19 heavy (non-hydrogen) atoms. The average Bonchev–Trinajstić information content (AvgIpc) is 2.93. The molecule has 2 aliphatic rings. The predicted molar refractivity (Wildman–Crippen MR) is 80.8 cm³/mol. The molecule has 3 unspecified atom stereocenters. The summed E-state index contributed by atoms with van der Waals surface area (Å²) in [5, 5.41) is 1.19. The number of likely N-dealkylation sites (N-methyl/N-ethyl adjacent to an activating group) is 1. The molecule has 3 atom stereocenters. The highest BCUT2D eigenvalue weighted by molar-refractivity contribution is 7.15. The number of hydrogen-bond donors (Lipinski definition) is 1. The largest absolute Gasteiger partial charge is 0.346 e. The molecule has 1 aromatic rings. The Hall–Kier alpha value is -0.650. The Morgan fingerprint density at radius 1 is 1.37 bits per heavy atom. The summed E-state index contributed by atoms with van der Waals surface area (Å²) in [6.45, 7) is 4.55. The standard InChI is InChI=1S/C14H24N4S/c1-9-7-18(8-12(9)17(2)3)14-16-11-6-4-5-10(15)13(11)19-14/h9-10,12H,4-8,15H2,1-3H3. The van der Waals surface area contributed by atoms with E-state index in [0.717, 1.165) is 25.9 Å². The average molecular weight is 280 g/mol. The maximum atomic E-state index is 6.20. The number of rotatable bonds is 2. The van der Waals surface area contributed by atoms with Crippen molar-refractivity contribution in [1.29, 1.82) is 0 Å². The van der Waals surface area contributed by atoms with E-state index >= 15 is 0 Å². The molecular formula is C14H24N4S. The zero-order chi connectivity index (χ0) is 13.6. The molecule has 0 radical (unpaired) electrons. The molecule has 1 saturated heterocycles. The van der Waals surface area contributed by atoms with Gasteiger partial charge in [-0.1, -0.05) is 18.3 Å². The van der Waals surface area contributed by atoms with Gasteiger partial charge in [0.1, 0.15) is 0 Å². The Balaban J connectivity index is 1.81. The van der Waals surface area contributed by atoms with E-state index in [0.29, 0.717) is 12.0 Å². The zero-order valence-corrected chi connectivity index (χ0v) is 12.9. The van der Waals surface area contributed by atoms with Gasteiger partial charge in [-0.3, -0.25) is 0 Å². The maximum absolute atomic E-state index is 6.20. The van der Waals surface area contributed by atoms with Gasteiger partial charge in [0.15, 0.2) is 5.13 Å². The summed E-state index contributed by atoms with van der Waals surface area (Å²) in [6, 6.07) is 0.856. The monoisotopic (exact) mass is 280 g/mol. The summed E-state index contributed by atoms with van der Waals surface area (Å²) in [4.78, 5) is 11.0. The van der Waals surface area contributed by atoms with Crippen molar-refractivity contribution in [3.05, 3.63) is 10.6 Å². The first-order valence-electron chi connectivity index (χ1n) is 7.23. The maximum Gasteiger partial charge on any atom is 0.185 e. The van der Waals surface area contributed by atoms with Crippen molar-refractivity contribution >= 4 is 16.5 Å². The van der Waals surface area contributed by atoms with Crippen molar-refractivity contribution in [2.45, 2.75) is 38.3 Å². The normalized spacial score (nSPS) is 31.0. The van der Waals surface area contributed by atoms with E-state index in [-0.39, 0.29) is 6.04 Å². The molecule has 1 aromatic heterocycles. The van der Waals surface area contributed by atoms with Gasteiger partial charge in [-0.15, -0.1) is 0 Å². The van der Waals surface area contributed by atoms with Gasteiger partial charge in [0.25, 0.3) is 0 Å². The lowest BCUT2D eigenvalue weighted by Gasteiger charge is -2.22. The quantitative estimate of drug-likeness (QED) is 0.898. The van der Waals surface area contributed by atoms with Crippen LogP contribution in [0, 0.1) is 5.92 Å². The molecule has 0 aromatic carbocycles. The number of anilines is 1. The van der Waals surface area contributed by atoms with E-state index in [2.05, 4.69) is 30.8 Å². The second-order valence-electron chi connectivity index (χ2n) is 6.22. The fourth-order valence-electron chi connectivity index (χ4n) is 3.35. The van der Waals surface area contributed by atoms with E-state index in [4.69, 9.17) is 10.7 Å². The van der Waals surface area contributed by atoms with Gasteiger partial charge in [0, 0.05) is 30.1 Å². The summed E-state index contributed by atoms with van der Waals surface area (Å²) in [7, 11) is 4.35. The molecular weight excluding hydrogens is 256 g/mol. The van der Waals surface area contributed by atoms with Gasteiger partial charge in [0.2, 0.25) is 0 Å². The second kappa shape index (κ2) is 5.04. The topological polar surface area (TPSA) is 45.4 Å². The Kier molecular flexibility index (Phi) is 3.53. The lowest BCUT2D eigenvalue weighted by atomic mass is 9.99. The molecule has 2 N–H and O–H groups in total. The van der Waals surface area contributed by atoms with Gasteiger partial charge < -0.3 is 15.5 Å². The Morgan fingerprint density at radius 2 is 2.16 bits per heavy atom. The molecule has 1 aliphatic carbocycles. The van der Waals surface area contributed by atoms with Crippen molar-refractivity contribution in [3.8, 4) is 0 Å². The molecule has 0 spiro atoms. The highest BCUT2D eigenvalue weighted by Crippen LogP contribution is 2.38. The van der Waals surface area contributed by atoms with Crippen LogP contribution in [0.3, 0.4) is 0 Å². The van der Waals surface area contributed by atoms with E-state index in [1.807, 2.05) is 11.3 Å². The Morgan fingerprint density at radius 3 is 2.79 bits per heavy atom. The molecule has 1 fully saturated rings. The van der Waals surface area contributed by atoms with Crippen LogP contribution >= 0.6 is 11.3 Å². The van der Waals surface area contributed by atoms with Gasteiger partial charge in [-0.25, -0.2) is 4.98 Å². The van der Waals surface area contributed by atoms with Crippen molar-refractivity contribution < 1.29 is 0 Å². The van der Waals surface area contributed by atoms with Crippen molar-refractivity contribution in [3.63, 3.8) is 0 Å². The third kappa shape index (κ3) is 2.39. The molecule has 106 valence electrons. The van der Waals surface area contributed by atoms with Crippen LogP contribution in [0.25, 0.3) is 0 Å². The first kappa shape index (κ1) is 13.3. The predicted octanol–water partition coefficient (Wildman–Crippen LogP) is 1.87. The van der Waals surface area contributed by atoms with Gasteiger partial charge >= 0.3 is 0 Å². The summed E-state index contributed by atoms with van der Waals surface area (Å²) in [5.74, 6) is 0.699. The van der Waals surface area contributed by atoms with Crippen molar-refractivity contribution in [1.82, 2.24) is 9.88 Å². The lowest BCUT2D eigenvalue weighted by molar-refractivity contribution is 0.266. The minimum Gasteiger partial charge on any atom is -0.346 e. The molecule has 2 heterocycles. The Bertz CT molecular complexity index is 456.